The second kappa shape index (κ2) is 9.20. The Morgan fingerprint density at radius 2 is 1.75 bits per heavy atom. The van der Waals surface area contributed by atoms with Gasteiger partial charge in [0.2, 0.25) is 15.9 Å². The summed E-state index contributed by atoms with van der Waals surface area (Å²) in [5.41, 5.74) is -0.0179. The van der Waals surface area contributed by atoms with E-state index in [9.17, 15) is 26.4 Å². The predicted molar refractivity (Wildman–Crippen MR) is 100 cm³/mol. The maximum atomic E-state index is 12.7. The first-order chi connectivity index (χ1) is 13.1. The number of carbonyl (C=O) groups is 1. The zero-order valence-corrected chi connectivity index (χ0v) is 16.0. The number of hydrogen-bond donors (Lipinski definition) is 2. The van der Waals surface area contributed by atoms with Gasteiger partial charge in [0.15, 0.2) is 0 Å². The molecule has 0 bridgehead atoms. The van der Waals surface area contributed by atoms with Crippen LogP contribution in [-0.4, -0.2) is 20.9 Å². The predicted octanol–water partition coefficient (Wildman–Crippen LogP) is 3.97. The molecule has 0 aliphatic rings. The summed E-state index contributed by atoms with van der Waals surface area (Å²) < 4.78 is 64.6. The molecule has 0 saturated heterocycles. The van der Waals surface area contributed by atoms with Crippen LogP contribution >= 0.6 is 0 Å². The normalized spacial score (nSPS) is 12.0. The third-order valence-corrected chi connectivity index (χ3v) is 5.37. The molecule has 0 heterocycles. The Morgan fingerprint density at radius 1 is 1.07 bits per heavy atom. The zero-order valence-electron chi connectivity index (χ0n) is 15.2. The molecule has 0 aromatic heterocycles. The zero-order chi connectivity index (χ0) is 20.8. The van der Waals surface area contributed by atoms with Gasteiger partial charge in [-0.15, -0.1) is 0 Å². The molecule has 28 heavy (non-hydrogen) atoms. The van der Waals surface area contributed by atoms with Crippen molar-refractivity contribution in [2.75, 3.05) is 11.9 Å². The summed E-state index contributed by atoms with van der Waals surface area (Å²) in [6, 6.07) is 10.5. The Bertz CT molecular complexity index is 911. The lowest BCUT2D eigenvalue weighted by Crippen LogP contribution is -2.24. The molecule has 0 unspecified atom stereocenters. The Labute approximate surface area is 162 Å². The lowest BCUT2D eigenvalue weighted by Gasteiger charge is -2.10. The Balaban J connectivity index is 1.93. The number of sulfonamides is 1. The van der Waals surface area contributed by atoms with Crippen LogP contribution in [0, 0.1) is 0 Å². The van der Waals surface area contributed by atoms with Crippen molar-refractivity contribution in [2.24, 2.45) is 0 Å². The minimum absolute atomic E-state index is 0.0520. The topological polar surface area (TPSA) is 75.3 Å². The summed E-state index contributed by atoms with van der Waals surface area (Å²) in [5.74, 6) is -0.430. The van der Waals surface area contributed by atoms with Crippen LogP contribution in [0.25, 0.3) is 0 Å². The first kappa shape index (κ1) is 21.9. The van der Waals surface area contributed by atoms with Crippen LogP contribution in [0.2, 0.25) is 0 Å². The van der Waals surface area contributed by atoms with E-state index in [1.807, 2.05) is 6.92 Å². The molecule has 152 valence electrons. The van der Waals surface area contributed by atoms with E-state index >= 15 is 0 Å². The van der Waals surface area contributed by atoms with E-state index in [1.165, 1.54) is 24.3 Å². The smallest absolute Gasteiger partial charge is 0.326 e. The Kier molecular flexibility index (Phi) is 7.20. The number of rotatable bonds is 8. The number of amides is 1. The molecule has 1 amide bonds. The molecule has 2 aromatic rings. The third-order valence-electron chi connectivity index (χ3n) is 3.89. The summed E-state index contributed by atoms with van der Waals surface area (Å²) in [4.78, 5) is 12.1. The number of anilines is 1. The quantitative estimate of drug-likeness (QED) is 0.687. The van der Waals surface area contributed by atoms with Crippen molar-refractivity contribution in [3.8, 4) is 0 Å². The molecular weight excluding hydrogens is 393 g/mol. The van der Waals surface area contributed by atoms with Crippen LogP contribution in [-0.2, 0) is 27.4 Å². The van der Waals surface area contributed by atoms with Gasteiger partial charge in [0.05, 0.1) is 10.5 Å². The van der Waals surface area contributed by atoms with Crippen molar-refractivity contribution in [3.05, 3.63) is 59.7 Å². The molecule has 2 aromatic carbocycles. The average molecular weight is 414 g/mol. The summed E-state index contributed by atoms with van der Waals surface area (Å²) in [7, 11) is -3.55. The lowest BCUT2D eigenvalue weighted by molar-refractivity contribution is -0.137. The summed E-state index contributed by atoms with van der Waals surface area (Å²) in [6.07, 6.45) is -3.42. The minimum atomic E-state index is -4.48. The van der Waals surface area contributed by atoms with Gasteiger partial charge in [-0.2, -0.15) is 13.2 Å². The maximum absolute atomic E-state index is 12.7. The minimum Gasteiger partial charge on any atom is -0.326 e. The van der Waals surface area contributed by atoms with E-state index in [1.54, 1.807) is 12.1 Å². The second-order valence-electron chi connectivity index (χ2n) is 6.17. The van der Waals surface area contributed by atoms with Crippen molar-refractivity contribution in [3.63, 3.8) is 0 Å². The average Bonchev–Trinajstić information content (AvgIpc) is 2.65. The fourth-order valence-electron chi connectivity index (χ4n) is 2.41. The summed E-state index contributed by atoms with van der Waals surface area (Å²) in [6.45, 7) is 2.20. The van der Waals surface area contributed by atoms with E-state index in [2.05, 4.69) is 10.0 Å². The highest BCUT2D eigenvalue weighted by molar-refractivity contribution is 7.89. The number of carbonyl (C=O) groups excluding carboxylic acids is 1. The van der Waals surface area contributed by atoms with Crippen molar-refractivity contribution in [1.82, 2.24) is 4.72 Å². The van der Waals surface area contributed by atoms with E-state index in [0.717, 1.165) is 17.7 Å². The number of hydrogen-bond acceptors (Lipinski definition) is 3. The maximum Gasteiger partial charge on any atom is 0.416 e. The van der Waals surface area contributed by atoms with Crippen molar-refractivity contribution in [1.29, 1.82) is 0 Å². The fourth-order valence-corrected chi connectivity index (χ4v) is 3.54. The highest BCUT2D eigenvalue weighted by Gasteiger charge is 2.30. The Hall–Kier alpha value is -2.39. The molecule has 9 heteroatoms. The van der Waals surface area contributed by atoms with Gasteiger partial charge in [0.25, 0.3) is 0 Å². The van der Waals surface area contributed by atoms with Crippen LogP contribution in [0.5, 0.6) is 0 Å². The third kappa shape index (κ3) is 6.35. The molecule has 0 radical (unpaired) electrons. The van der Waals surface area contributed by atoms with Gasteiger partial charge in [0, 0.05) is 18.7 Å². The van der Waals surface area contributed by atoms with Gasteiger partial charge in [-0.1, -0.05) is 25.1 Å². The number of aryl methyl sites for hydroxylation is 1. The van der Waals surface area contributed by atoms with Crippen LogP contribution < -0.4 is 10.0 Å². The van der Waals surface area contributed by atoms with Crippen LogP contribution in [0.1, 0.15) is 30.9 Å². The van der Waals surface area contributed by atoms with Gasteiger partial charge in [-0.05, 0) is 48.7 Å². The van der Waals surface area contributed by atoms with E-state index < -0.39 is 27.7 Å². The molecule has 0 fully saturated rings. The van der Waals surface area contributed by atoms with Crippen LogP contribution in [0.15, 0.2) is 53.4 Å². The van der Waals surface area contributed by atoms with E-state index in [0.29, 0.717) is 19.4 Å². The van der Waals surface area contributed by atoms with E-state index in [4.69, 9.17) is 0 Å². The number of alkyl halides is 3. The molecule has 2 rings (SSSR count). The van der Waals surface area contributed by atoms with Crippen molar-refractivity contribution in [2.45, 2.75) is 37.3 Å². The molecule has 2 N–H and O–H groups in total. The van der Waals surface area contributed by atoms with Gasteiger partial charge < -0.3 is 5.32 Å². The number of benzene rings is 2. The standard InChI is InChI=1S/C19H21F3N2O3S/c1-2-12-23-28(26,27)17-9-6-14(7-10-17)8-11-18(25)24-16-5-3-4-15(13-16)19(20,21)22/h3-7,9-10,13,23H,2,8,11-12H2,1H3,(H,24,25). The van der Waals surface area contributed by atoms with Gasteiger partial charge in [-0.25, -0.2) is 13.1 Å². The first-order valence-electron chi connectivity index (χ1n) is 8.67. The molecule has 0 saturated carbocycles. The molecule has 0 aliphatic heterocycles. The summed E-state index contributed by atoms with van der Waals surface area (Å²) >= 11 is 0. The highest BCUT2D eigenvalue weighted by Crippen LogP contribution is 2.30. The second-order valence-corrected chi connectivity index (χ2v) is 7.94. The van der Waals surface area contributed by atoms with Crippen molar-refractivity contribution >= 4 is 21.6 Å². The molecule has 0 spiro atoms. The SMILES string of the molecule is CCCNS(=O)(=O)c1ccc(CCC(=O)Nc2cccc(C(F)(F)F)c2)cc1. The van der Waals surface area contributed by atoms with E-state index in [-0.39, 0.29) is 17.0 Å². The number of nitrogens with one attached hydrogen (secondary N) is 2. The Morgan fingerprint density at radius 3 is 2.36 bits per heavy atom. The lowest BCUT2D eigenvalue weighted by atomic mass is 10.1. The molecule has 0 aliphatic carbocycles. The number of halogens is 3. The molecule has 0 atom stereocenters. The highest BCUT2D eigenvalue weighted by atomic mass is 32.2. The first-order valence-corrected chi connectivity index (χ1v) is 10.2. The molecular formula is C19H21F3N2O3S. The van der Waals surface area contributed by atoms with Crippen molar-refractivity contribution < 1.29 is 26.4 Å². The molecule has 5 nitrogen and oxygen atoms in total. The largest absolute Gasteiger partial charge is 0.416 e. The van der Waals surface area contributed by atoms with Gasteiger partial charge in [-0.3, -0.25) is 4.79 Å². The fraction of sp³-hybridized carbons (Fsp3) is 0.316. The van der Waals surface area contributed by atoms with Gasteiger partial charge in [0.1, 0.15) is 0 Å². The van der Waals surface area contributed by atoms with Crippen LogP contribution in [0.4, 0.5) is 18.9 Å². The monoisotopic (exact) mass is 414 g/mol. The van der Waals surface area contributed by atoms with Crippen LogP contribution in [0.3, 0.4) is 0 Å². The van der Waals surface area contributed by atoms with Gasteiger partial charge >= 0.3 is 6.18 Å². The summed E-state index contributed by atoms with van der Waals surface area (Å²) in [5, 5.41) is 2.44.